The first-order chi connectivity index (χ1) is 12.4. The summed E-state index contributed by atoms with van der Waals surface area (Å²) in [6.45, 7) is 1.67. The second-order valence-electron chi connectivity index (χ2n) is 5.30. The van der Waals surface area contributed by atoms with Gasteiger partial charge in [-0.3, -0.25) is 20.0 Å². The van der Waals surface area contributed by atoms with Gasteiger partial charge in [-0.25, -0.2) is 4.68 Å². The Labute approximate surface area is 156 Å². The Balaban J connectivity index is 1.97. The number of aromatic amines is 1. The molecule has 2 aromatic carbocycles. The standard InChI is InChI=1S/C16H11Cl2N5O3/c1-9-15(16(24)22(21-9)12-5-2-10(17)3-6-12)20-19-11-4-7-13(18)14(8-11)23(25)26/h2-8,21H,1H3. The number of hydrogen-bond acceptors (Lipinski definition) is 5. The van der Waals surface area contributed by atoms with Crippen molar-refractivity contribution in [1.29, 1.82) is 0 Å². The van der Waals surface area contributed by atoms with E-state index in [1.165, 1.54) is 22.9 Å². The number of hydrogen-bond donors (Lipinski definition) is 1. The quantitative estimate of drug-likeness (QED) is 0.379. The van der Waals surface area contributed by atoms with Crippen molar-refractivity contribution in [2.24, 2.45) is 10.2 Å². The number of nitrogens with one attached hydrogen (secondary N) is 1. The van der Waals surface area contributed by atoms with Gasteiger partial charge >= 0.3 is 0 Å². The molecule has 0 spiro atoms. The summed E-state index contributed by atoms with van der Waals surface area (Å²) < 4.78 is 1.31. The third-order valence-electron chi connectivity index (χ3n) is 3.52. The Morgan fingerprint density at radius 3 is 2.46 bits per heavy atom. The molecule has 0 aliphatic heterocycles. The van der Waals surface area contributed by atoms with Crippen LogP contribution in [0.15, 0.2) is 57.5 Å². The van der Waals surface area contributed by atoms with Gasteiger partial charge in [-0.05, 0) is 43.3 Å². The molecule has 8 nitrogen and oxygen atoms in total. The molecule has 132 valence electrons. The zero-order valence-electron chi connectivity index (χ0n) is 13.3. The summed E-state index contributed by atoms with van der Waals surface area (Å²) in [5, 5.41) is 22.2. The number of benzene rings is 2. The molecule has 26 heavy (non-hydrogen) atoms. The van der Waals surface area contributed by atoms with Crippen LogP contribution in [0, 0.1) is 17.0 Å². The van der Waals surface area contributed by atoms with Crippen molar-refractivity contribution in [2.45, 2.75) is 6.92 Å². The number of nitrogens with zero attached hydrogens (tertiary/aromatic N) is 4. The van der Waals surface area contributed by atoms with Crippen LogP contribution < -0.4 is 5.56 Å². The summed E-state index contributed by atoms with van der Waals surface area (Å²) in [7, 11) is 0. The van der Waals surface area contributed by atoms with Crippen LogP contribution in [0.1, 0.15) is 5.69 Å². The van der Waals surface area contributed by atoms with Gasteiger partial charge in [-0.2, -0.15) is 5.11 Å². The molecule has 1 heterocycles. The lowest BCUT2D eigenvalue weighted by Crippen LogP contribution is -2.13. The zero-order valence-corrected chi connectivity index (χ0v) is 14.8. The Bertz CT molecular complexity index is 1070. The minimum atomic E-state index is -0.615. The predicted octanol–water partition coefficient (Wildman–Crippen LogP) is 5.10. The van der Waals surface area contributed by atoms with Crippen LogP contribution in [0.2, 0.25) is 10.0 Å². The van der Waals surface area contributed by atoms with E-state index in [4.69, 9.17) is 23.2 Å². The number of nitro benzene ring substituents is 1. The summed E-state index contributed by atoms with van der Waals surface area (Å²) in [4.78, 5) is 22.8. The lowest BCUT2D eigenvalue weighted by atomic mass is 10.3. The van der Waals surface area contributed by atoms with Crippen LogP contribution in [0.4, 0.5) is 17.1 Å². The van der Waals surface area contributed by atoms with Gasteiger partial charge in [0.15, 0.2) is 5.69 Å². The lowest BCUT2D eigenvalue weighted by molar-refractivity contribution is -0.384. The molecule has 0 atom stereocenters. The maximum Gasteiger partial charge on any atom is 0.299 e. The number of nitro groups is 1. The van der Waals surface area contributed by atoms with Crippen LogP contribution in [0.3, 0.4) is 0 Å². The highest BCUT2D eigenvalue weighted by molar-refractivity contribution is 6.32. The third kappa shape index (κ3) is 3.51. The van der Waals surface area contributed by atoms with E-state index in [2.05, 4.69) is 15.3 Å². The number of aryl methyl sites for hydroxylation is 1. The van der Waals surface area contributed by atoms with E-state index in [1.54, 1.807) is 31.2 Å². The number of rotatable bonds is 4. The highest BCUT2D eigenvalue weighted by atomic mass is 35.5. The van der Waals surface area contributed by atoms with Gasteiger partial charge in [-0.15, -0.1) is 5.11 Å². The van der Waals surface area contributed by atoms with Crippen molar-refractivity contribution in [1.82, 2.24) is 9.78 Å². The van der Waals surface area contributed by atoms with Crippen molar-refractivity contribution < 1.29 is 4.92 Å². The predicted molar refractivity (Wildman–Crippen MR) is 98.4 cm³/mol. The lowest BCUT2D eigenvalue weighted by Gasteiger charge is -2.00. The summed E-state index contributed by atoms with van der Waals surface area (Å²) in [5.41, 5.74) is 0.699. The van der Waals surface area contributed by atoms with Gasteiger partial charge in [0.05, 0.1) is 22.0 Å². The minimum Gasteiger partial charge on any atom is -0.293 e. The molecular formula is C16H11Cl2N5O3. The third-order valence-corrected chi connectivity index (χ3v) is 4.09. The molecule has 0 fully saturated rings. The number of H-pyrrole nitrogens is 1. The first kappa shape index (κ1) is 17.8. The summed E-state index contributed by atoms with van der Waals surface area (Å²) in [6.07, 6.45) is 0. The molecule has 1 aromatic heterocycles. The van der Waals surface area contributed by atoms with Gasteiger partial charge in [-0.1, -0.05) is 23.2 Å². The van der Waals surface area contributed by atoms with Crippen LogP contribution >= 0.6 is 23.2 Å². The average Bonchev–Trinajstić information content (AvgIpc) is 2.89. The molecule has 0 aliphatic rings. The van der Waals surface area contributed by atoms with Gasteiger partial charge in [0.25, 0.3) is 11.2 Å². The highest BCUT2D eigenvalue weighted by Crippen LogP contribution is 2.29. The fraction of sp³-hybridized carbons (Fsp3) is 0.0625. The summed E-state index contributed by atoms with van der Waals surface area (Å²) in [6, 6.07) is 10.7. The molecule has 0 unspecified atom stereocenters. The van der Waals surface area contributed by atoms with E-state index in [1.807, 2.05) is 0 Å². The van der Waals surface area contributed by atoms with Crippen molar-refractivity contribution >= 4 is 40.3 Å². The number of halogens is 2. The zero-order chi connectivity index (χ0) is 18.8. The topological polar surface area (TPSA) is 106 Å². The second kappa shape index (κ2) is 7.11. The van der Waals surface area contributed by atoms with Gasteiger partial charge in [0.2, 0.25) is 0 Å². The van der Waals surface area contributed by atoms with E-state index in [-0.39, 0.29) is 22.1 Å². The van der Waals surface area contributed by atoms with E-state index < -0.39 is 10.5 Å². The largest absolute Gasteiger partial charge is 0.299 e. The van der Waals surface area contributed by atoms with E-state index in [9.17, 15) is 14.9 Å². The first-order valence-corrected chi connectivity index (χ1v) is 8.05. The fourth-order valence-electron chi connectivity index (χ4n) is 2.24. The maximum absolute atomic E-state index is 12.5. The van der Waals surface area contributed by atoms with Gasteiger partial charge in [0.1, 0.15) is 5.02 Å². The molecule has 10 heteroatoms. The van der Waals surface area contributed by atoms with E-state index >= 15 is 0 Å². The molecule has 0 aliphatic carbocycles. The molecule has 3 rings (SSSR count). The van der Waals surface area contributed by atoms with Crippen molar-refractivity contribution in [3.63, 3.8) is 0 Å². The van der Waals surface area contributed by atoms with E-state index in [0.717, 1.165) is 0 Å². The normalized spacial score (nSPS) is 11.2. The smallest absolute Gasteiger partial charge is 0.293 e. The Morgan fingerprint density at radius 2 is 1.81 bits per heavy atom. The van der Waals surface area contributed by atoms with Gasteiger partial charge < -0.3 is 0 Å². The molecule has 1 N–H and O–H groups in total. The number of aromatic nitrogens is 2. The molecule has 0 amide bonds. The maximum atomic E-state index is 12.5. The molecule has 0 radical (unpaired) electrons. The molecule has 0 saturated heterocycles. The Morgan fingerprint density at radius 1 is 1.12 bits per heavy atom. The van der Waals surface area contributed by atoms with Crippen molar-refractivity contribution in [3.8, 4) is 5.69 Å². The van der Waals surface area contributed by atoms with Crippen LogP contribution in [0.25, 0.3) is 5.69 Å². The Hall–Kier alpha value is -2.97. The fourth-order valence-corrected chi connectivity index (χ4v) is 2.55. The van der Waals surface area contributed by atoms with Crippen molar-refractivity contribution in [2.75, 3.05) is 0 Å². The molecule has 0 bridgehead atoms. The Kier molecular flexibility index (Phi) is 4.88. The summed E-state index contributed by atoms with van der Waals surface area (Å²) in [5.74, 6) is 0. The highest BCUT2D eigenvalue weighted by Gasteiger charge is 2.14. The van der Waals surface area contributed by atoms with Crippen LogP contribution in [0.5, 0.6) is 0 Å². The molecule has 0 saturated carbocycles. The second-order valence-corrected chi connectivity index (χ2v) is 6.14. The van der Waals surface area contributed by atoms with Crippen molar-refractivity contribution in [3.05, 3.63) is 78.7 Å². The molecule has 3 aromatic rings. The number of azo groups is 1. The molecular weight excluding hydrogens is 381 g/mol. The average molecular weight is 392 g/mol. The van der Waals surface area contributed by atoms with Gasteiger partial charge in [0, 0.05) is 11.1 Å². The monoisotopic (exact) mass is 391 g/mol. The summed E-state index contributed by atoms with van der Waals surface area (Å²) >= 11 is 11.6. The minimum absolute atomic E-state index is 0.00290. The first-order valence-electron chi connectivity index (χ1n) is 7.30. The van der Waals surface area contributed by atoms with E-state index in [0.29, 0.717) is 16.4 Å². The van der Waals surface area contributed by atoms with Crippen LogP contribution in [-0.4, -0.2) is 14.7 Å². The SMILES string of the molecule is Cc1[nH]n(-c2ccc(Cl)cc2)c(=O)c1N=Nc1ccc(Cl)c([N+](=O)[O-])c1. The van der Waals surface area contributed by atoms with Crippen LogP contribution in [-0.2, 0) is 0 Å².